The van der Waals surface area contributed by atoms with Crippen LogP contribution in [-0.4, -0.2) is 37.4 Å². The highest BCUT2D eigenvalue weighted by atomic mass is 32.2. The van der Waals surface area contributed by atoms with Gasteiger partial charge < -0.3 is 4.74 Å². The van der Waals surface area contributed by atoms with Gasteiger partial charge in [0.05, 0.1) is 5.92 Å². The monoisotopic (exact) mass is 315 g/mol. The van der Waals surface area contributed by atoms with Gasteiger partial charge in [-0.25, -0.2) is 8.42 Å². The van der Waals surface area contributed by atoms with Crippen molar-refractivity contribution >= 4 is 16.0 Å². The van der Waals surface area contributed by atoms with E-state index in [0.29, 0.717) is 13.1 Å². The molecule has 0 radical (unpaired) electrons. The van der Waals surface area contributed by atoms with Crippen molar-refractivity contribution in [3.63, 3.8) is 0 Å². The summed E-state index contributed by atoms with van der Waals surface area (Å²) in [7, 11) is -3.30. The molecule has 2 fully saturated rings. The molecule has 120 valence electrons. The van der Waals surface area contributed by atoms with E-state index in [1.807, 2.05) is 20.8 Å². The second-order valence-electron chi connectivity index (χ2n) is 7.25. The maximum atomic E-state index is 12.0. The van der Waals surface area contributed by atoms with Gasteiger partial charge in [-0.05, 0) is 51.9 Å². The average molecular weight is 315 g/mol. The van der Waals surface area contributed by atoms with Crippen LogP contribution in [0.2, 0.25) is 0 Å². The molecule has 0 N–H and O–H groups in total. The van der Waals surface area contributed by atoms with Crippen LogP contribution in [0.15, 0.2) is 12.0 Å². The third-order valence-electron chi connectivity index (χ3n) is 4.45. The Balaban J connectivity index is 1.85. The molecule has 1 aliphatic carbocycles. The lowest BCUT2D eigenvalue weighted by Crippen LogP contribution is -2.50. The van der Waals surface area contributed by atoms with Gasteiger partial charge in [-0.15, -0.1) is 0 Å². The molecule has 1 aliphatic heterocycles. The molecule has 2 rings (SSSR count). The molecular formula is C15H25NO4S. The van der Waals surface area contributed by atoms with E-state index >= 15 is 0 Å². The average Bonchev–Trinajstić information content (AvgIpc) is 2.34. The molecule has 0 aromatic rings. The van der Waals surface area contributed by atoms with E-state index in [1.54, 1.807) is 0 Å². The van der Waals surface area contributed by atoms with Crippen LogP contribution in [0.4, 0.5) is 0 Å². The van der Waals surface area contributed by atoms with Gasteiger partial charge in [0.15, 0.2) is 0 Å². The SMILES string of the molecule is C=CS(=O)(=O)N1CCC2(CC1)CC(C(=O)OC(C)(C)C)C2. The Morgan fingerprint density at radius 2 is 1.81 bits per heavy atom. The van der Waals surface area contributed by atoms with Gasteiger partial charge >= 0.3 is 5.97 Å². The smallest absolute Gasteiger partial charge is 0.309 e. The minimum Gasteiger partial charge on any atom is -0.460 e. The summed E-state index contributed by atoms with van der Waals surface area (Å²) < 4.78 is 30.4. The van der Waals surface area contributed by atoms with Gasteiger partial charge in [0.1, 0.15) is 5.60 Å². The molecule has 1 spiro atoms. The fourth-order valence-corrected chi connectivity index (χ4v) is 4.17. The maximum Gasteiger partial charge on any atom is 0.309 e. The summed E-state index contributed by atoms with van der Waals surface area (Å²) in [6, 6.07) is 0. The van der Waals surface area contributed by atoms with Crippen molar-refractivity contribution in [3.05, 3.63) is 12.0 Å². The Kier molecular flexibility index (Phi) is 4.23. The summed E-state index contributed by atoms with van der Waals surface area (Å²) in [5.41, 5.74) is -0.310. The van der Waals surface area contributed by atoms with E-state index in [4.69, 9.17) is 4.74 Å². The molecule has 21 heavy (non-hydrogen) atoms. The highest BCUT2D eigenvalue weighted by molar-refractivity contribution is 7.92. The normalized spacial score (nSPS) is 23.6. The molecule has 0 amide bonds. The fourth-order valence-electron chi connectivity index (χ4n) is 3.27. The van der Waals surface area contributed by atoms with E-state index < -0.39 is 15.6 Å². The molecule has 2 aliphatic rings. The zero-order valence-electron chi connectivity index (χ0n) is 13.1. The first-order chi connectivity index (χ1) is 9.57. The summed E-state index contributed by atoms with van der Waals surface area (Å²) in [5.74, 6) is -0.138. The Bertz CT molecular complexity index is 516. The van der Waals surface area contributed by atoms with Gasteiger partial charge in [-0.2, -0.15) is 4.31 Å². The van der Waals surface area contributed by atoms with E-state index in [-0.39, 0.29) is 17.3 Å². The molecule has 0 atom stereocenters. The van der Waals surface area contributed by atoms with Crippen molar-refractivity contribution < 1.29 is 17.9 Å². The molecule has 0 aromatic carbocycles. The van der Waals surface area contributed by atoms with Gasteiger partial charge in [0.25, 0.3) is 0 Å². The predicted octanol–water partition coefficient (Wildman–Crippen LogP) is 2.29. The largest absolute Gasteiger partial charge is 0.460 e. The molecule has 5 nitrogen and oxygen atoms in total. The lowest BCUT2D eigenvalue weighted by Gasteiger charge is -2.51. The first-order valence-corrected chi connectivity index (χ1v) is 8.93. The van der Waals surface area contributed by atoms with Gasteiger partial charge in [-0.1, -0.05) is 6.58 Å². The van der Waals surface area contributed by atoms with E-state index in [9.17, 15) is 13.2 Å². The van der Waals surface area contributed by atoms with Crippen LogP contribution < -0.4 is 0 Å². The van der Waals surface area contributed by atoms with Crippen LogP contribution in [0.25, 0.3) is 0 Å². The Hall–Kier alpha value is -0.880. The number of piperidine rings is 1. The van der Waals surface area contributed by atoms with Gasteiger partial charge in [0.2, 0.25) is 10.0 Å². The number of ether oxygens (including phenoxy) is 1. The highest BCUT2D eigenvalue weighted by Crippen LogP contribution is 2.53. The Morgan fingerprint density at radius 3 is 2.24 bits per heavy atom. The molecule has 0 unspecified atom stereocenters. The molecule has 1 heterocycles. The second-order valence-corrected chi connectivity index (χ2v) is 9.13. The maximum absolute atomic E-state index is 12.0. The molecule has 0 bridgehead atoms. The molecule has 1 saturated carbocycles. The predicted molar refractivity (Wildman–Crippen MR) is 80.9 cm³/mol. The standard InChI is InChI=1S/C15H25NO4S/c1-5-21(18,19)16-8-6-15(7-9-16)10-12(11-15)13(17)20-14(2,3)4/h5,12H,1,6-11H2,2-4H3. The van der Waals surface area contributed by atoms with Gasteiger partial charge in [-0.3, -0.25) is 4.79 Å². The van der Waals surface area contributed by atoms with Crippen molar-refractivity contribution in [2.75, 3.05) is 13.1 Å². The summed E-state index contributed by atoms with van der Waals surface area (Å²) in [4.78, 5) is 12.0. The number of hydrogen-bond donors (Lipinski definition) is 0. The first-order valence-electron chi connectivity index (χ1n) is 7.42. The zero-order valence-corrected chi connectivity index (χ0v) is 13.9. The van der Waals surface area contributed by atoms with Crippen molar-refractivity contribution in [1.29, 1.82) is 0 Å². The number of nitrogens with zero attached hydrogens (tertiary/aromatic N) is 1. The summed E-state index contributed by atoms with van der Waals surface area (Å²) in [6.07, 6.45) is 3.28. The minimum atomic E-state index is -3.30. The lowest BCUT2D eigenvalue weighted by atomic mass is 9.58. The van der Waals surface area contributed by atoms with Crippen LogP contribution in [0.5, 0.6) is 0 Å². The fraction of sp³-hybridized carbons (Fsp3) is 0.800. The third-order valence-corrected chi connectivity index (χ3v) is 5.96. The molecule has 6 heteroatoms. The van der Waals surface area contributed by atoms with Crippen molar-refractivity contribution in [2.45, 2.75) is 52.1 Å². The van der Waals surface area contributed by atoms with E-state index in [2.05, 4.69) is 6.58 Å². The number of esters is 1. The van der Waals surface area contributed by atoms with E-state index in [0.717, 1.165) is 31.1 Å². The second kappa shape index (κ2) is 5.39. The number of rotatable bonds is 3. The first kappa shape index (κ1) is 16.5. The van der Waals surface area contributed by atoms with Crippen LogP contribution in [0, 0.1) is 11.3 Å². The summed E-state index contributed by atoms with van der Waals surface area (Å²) in [5, 5.41) is 1.01. The Labute approximate surface area is 127 Å². The van der Waals surface area contributed by atoms with Crippen molar-refractivity contribution in [2.24, 2.45) is 11.3 Å². The van der Waals surface area contributed by atoms with Crippen LogP contribution in [0.3, 0.4) is 0 Å². The summed E-state index contributed by atoms with van der Waals surface area (Å²) in [6.45, 7) is 10.0. The third kappa shape index (κ3) is 3.66. The highest BCUT2D eigenvalue weighted by Gasteiger charge is 2.50. The van der Waals surface area contributed by atoms with Crippen LogP contribution >= 0.6 is 0 Å². The van der Waals surface area contributed by atoms with Crippen molar-refractivity contribution in [3.8, 4) is 0 Å². The van der Waals surface area contributed by atoms with Crippen molar-refractivity contribution in [1.82, 2.24) is 4.31 Å². The minimum absolute atomic E-state index is 0.0215. The number of carbonyl (C=O) groups excluding carboxylic acids is 1. The number of hydrogen-bond acceptors (Lipinski definition) is 4. The molecular weight excluding hydrogens is 290 g/mol. The Morgan fingerprint density at radius 1 is 1.29 bits per heavy atom. The molecule has 1 saturated heterocycles. The van der Waals surface area contributed by atoms with Gasteiger partial charge in [0, 0.05) is 18.5 Å². The quantitative estimate of drug-likeness (QED) is 0.750. The topological polar surface area (TPSA) is 63.7 Å². The molecule has 0 aromatic heterocycles. The zero-order chi connectivity index (χ0) is 15.9. The summed E-state index contributed by atoms with van der Waals surface area (Å²) >= 11 is 0. The van der Waals surface area contributed by atoms with E-state index in [1.165, 1.54) is 4.31 Å². The number of carbonyl (C=O) groups is 1. The number of sulfonamides is 1. The van der Waals surface area contributed by atoms with Crippen LogP contribution in [0.1, 0.15) is 46.5 Å². The lowest BCUT2D eigenvalue weighted by molar-refractivity contribution is -0.170. The van der Waals surface area contributed by atoms with Crippen LogP contribution in [-0.2, 0) is 19.6 Å².